The lowest BCUT2D eigenvalue weighted by Crippen LogP contribution is -2.59. The van der Waals surface area contributed by atoms with Crippen molar-refractivity contribution in [2.24, 2.45) is 5.92 Å². The molecule has 3 aliphatic heterocycles. The van der Waals surface area contributed by atoms with E-state index >= 15 is 0 Å². The van der Waals surface area contributed by atoms with Crippen LogP contribution in [0.1, 0.15) is 77.8 Å². The Morgan fingerprint density at radius 1 is 1.08 bits per heavy atom. The zero-order chi connectivity index (χ0) is 34.0. The summed E-state index contributed by atoms with van der Waals surface area (Å²) in [5.41, 5.74) is 4.75. The molecule has 8 rings (SSSR count). The van der Waals surface area contributed by atoms with Crippen molar-refractivity contribution in [2.45, 2.75) is 89.8 Å². The number of piperidine rings is 2. The molecule has 4 aromatic rings. The summed E-state index contributed by atoms with van der Waals surface area (Å²) < 4.78 is 16.8. The van der Waals surface area contributed by atoms with Gasteiger partial charge in [0, 0.05) is 62.1 Å². The number of carbonyl (C=O) groups is 2. The van der Waals surface area contributed by atoms with Crippen molar-refractivity contribution >= 4 is 40.0 Å². The highest BCUT2D eigenvalue weighted by atomic mass is 19.1. The third-order valence-corrected chi connectivity index (χ3v) is 11.6. The molecule has 11 heteroatoms. The fourth-order valence-corrected chi connectivity index (χ4v) is 8.72. The molecule has 1 saturated carbocycles. The van der Waals surface area contributed by atoms with Crippen LogP contribution in [0.15, 0.2) is 49.1 Å². The minimum Gasteiger partial charge on any atom is -0.343 e. The van der Waals surface area contributed by atoms with Crippen LogP contribution in [0.4, 0.5) is 21.6 Å². The standard InChI is InChI=1S/C38H45FN8O2/c1-23(2)46-22-41-33-19-32(43-36(35(33)46)42-31-9-12-40-20-30(31)39)26-7-8-29-34(16-26)47(28-17-27(18-28)45-13-5-6-24(3)21-45)37(49)38(29)10-14-44(15-11-38)25(4)48/h7-9,12,16,19-20,22-24,27-28H,5-6,10-11,13-15,17-18,21H2,1-4H3,(H,40,42,43)/t24-,27?,28?/m1/s1. The van der Waals surface area contributed by atoms with Crippen LogP contribution in [-0.2, 0) is 15.0 Å². The molecule has 6 heterocycles. The molecular weight excluding hydrogens is 619 g/mol. The zero-order valence-corrected chi connectivity index (χ0v) is 28.8. The Balaban J connectivity index is 1.19. The predicted octanol–water partition coefficient (Wildman–Crippen LogP) is 6.45. The number of rotatable bonds is 6. The molecule has 1 aromatic carbocycles. The van der Waals surface area contributed by atoms with Crippen molar-refractivity contribution in [2.75, 3.05) is 36.4 Å². The quantitative estimate of drug-likeness (QED) is 0.253. The molecule has 0 unspecified atom stereocenters. The summed E-state index contributed by atoms with van der Waals surface area (Å²) >= 11 is 0. The van der Waals surface area contributed by atoms with Crippen LogP contribution in [0.5, 0.6) is 0 Å². The number of aromatic nitrogens is 4. The summed E-state index contributed by atoms with van der Waals surface area (Å²) in [5, 5.41) is 3.22. The molecule has 3 aromatic heterocycles. The number of nitrogens with zero attached hydrogens (tertiary/aromatic N) is 7. The number of halogens is 1. The number of imidazole rings is 1. The van der Waals surface area contributed by atoms with Gasteiger partial charge in [-0.2, -0.15) is 0 Å². The van der Waals surface area contributed by atoms with E-state index in [0.717, 1.165) is 53.8 Å². The van der Waals surface area contributed by atoms with Gasteiger partial charge in [0.1, 0.15) is 5.52 Å². The normalized spacial score (nSPS) is 23.7. The maximum absolute atomic E-state index is 14.8. The molecule has 49 heavy (non-hydrogen) atoms. The van der Waals surface area contributed by atoms with E-state index in [4.69, 9.17) is 9.97 Å². The average molecular weight is 665 g/mol. The number of likely N-dealkylation sites (tertiary alicyclic amines) is 2. The van der Waals surface area contributed by atoms with Crippen LogP contribution in [-0.4, -0.2) is 79.4 Å². The Bertz CT molecular complexity index is 1930. The highest BCUT2D eigenvalue weighted by molar-refractivity contribution is 6.09. The lowest BCUT2D eigenvalue weighted by Gasteiger charge is -2.49. The van der Waals surface area contributed by atoms with Gasteiger partial charge in [0.05, 0.1) is 34.8 Å². The third-order valence-electron chi connectivity index (χ3n) is 11.6. The molecule has 1 N–H and O–H groups in total. The van der Waals surface area contributed by atoms with Gasteiger partial charge in [0.2, 0.25) is 11.8 Å². The molecule has 3 fully saturated rings. The molecule has 2 amide bonds. The van der Waals surface area contributed by atoms with E-state index in [9.17, 15) is 14.0 Å². The first kappa shape index (κ1) is 31.9. The van der Waals surface area contributed by atoms with E-state index in [0.29, 0.717) is 49.4 Å². The lowest BCUT2D eigenvalue weighted by molar-refractivity contribution is -0.134. The average Bonchev–Trinajstić information content (AvgIpc) is 3.60. The topological polar surface area (TPSA) is 99.5 Å². The van der Waals surface area contributed by atoms with E-state index in [1.807, 2.05) is 15.5 Å². The first-order chi connectivity index (χ1) is 23.6. The molecular formula is C38H45FN8O2. The number of nitrogens with one attached hydrogen (secondary N) is 1. The van der Waals surface area contributed by atoms with Gasteiger partial charge in [0.15, 0.2) is 11.6 Å². The molecule has 2 saturated heterocycles. The summed E-state index contributed by atoms with van der Waals surface area (Å²) in [6, 6.07) is 10.6. The van der Waals surface area contributed by atoms with E-state index in [2.05, 4.69) is 59.1 Å². The molecule has 0 radical (unpaired) electrons. The number of hydrogen-bond acceptors (Lipinski definition) is 7. The first-order valence-electron chi connectivity index (χ1n) is 17.8. The second kappa shape index (κ2) is 12.2. The number of pyridine rings is 2. The summed E-state index contributed by atoms with van der Waals surface area (Å²) in [7, 11) is 0. The van der Waals surface area contributed by atoms with Gasteiger partial charge in [-0.25, -0.2) is 14.4 Å². The molecule has 256 valence electrons. The van der Waals surface area contributed by atoms with Crippen molar-refractivity contribution < 1.29 is 14.0 Å². The number of fused-ring (bicyclic) bond motifs is 3. The minimum absolute atomic E-state index is 0.0581. The number of anilines is 3. The molecule has 4 aliphatic rings. The highest BCUT2D eigenvalue weighted by Crippen LogP contribution is 2.52. The van der Waals surface area contributed by atoms with Crippen LogP contribution in [0.3, 0.4) is 0 Å². The fraction of sp³-hybridized carbons (Fsp3) is 0.500. The molecule has 1 spiro atoms. The van der Waals surface area contributed by atoms with Gasteiger partial charge < -0.3 is 19.7 Å². The van der Waals surface area contributed by atoms with E-state index in [-0.39, 0.29) is 29.6 Å². The van der Waals surface area contributed by atoms with E-state index < -0.39 is 11.2 Å². The van der Waals surface area contributed by atoms with Crippen molar-refractivity contribution in [3.05, 3.63) is 60.4 Å². The third kappa shape index (κ3) is 5.37. The second-order valence-electron chi connectivity index (χ2n) is 15.0. The Morgan fingerprint density at radius 2 is 1.88 bits per heavy atom. The van der Waals surface area contributed by atoms with Gasteiger partial charge >= 0.3 is 0 Å². The van der Waals surface area contributed by atoms with Gasteiger partial charge in [-0.1, -0.05) is 19.1 Å². The van der Waals surface area contributed by atoms with Crippen LogP contribution >= 0.6 is 0 Å². The summed E-state index contributed by atoms with van der Waals surface area (Å²) in [5.74, 6) is 0.980. The molecule has 1 aliphatic carbocycles. The number of hydrogen-bond donors (Lipinski definition) is 1. The maximum atomic E-state index is 14.8. The Morgan fingerprint density at radius 3 is 2.59 bits per heavy atom. The summed E-state index contributed by atoms with van der Waals surface area (Å²) in [6.07, 6.45) is 10.2. The highest BCUT2D eigenvalue weighted by Gasteiger charge is 2.55. The zero-order valence-electron chi connectivity index (χ0n) is 28.8. The summed E-state index contributed by atoms with van der Waals surface area (Å²) in [4.78, 5) is 47.2. The first-order valence-corrected chi connectivity index (χ1v) is 17.8. The monoisotopic (exact) mass is 664 g/mol. The smallest absolute Gasteiger partial charge is 0.238 e. The largest absolute Gasteiger partial charge is 0.343 e. The SMILES string of the molecule is CC(=O)N1CCC2(CC1)C(=O)N(C1CC(N3CCC[C@@H](C)C3)C1)c1cc(-c3cc4ncn(C(C)C)c4c(Nc4ccncc4F)n3)ccc12. The van der Waals surface area contributed by atoms with Crippen LogP contribution in [0, 0.1) is 11.7 Å². The van der Waals surface area contributed by atoms with E-state index in [1.165, 1.54) is 19.0 Å². The predicted molar refractivity (Wildman–Crippen MR) is 188 cm³/mol. The van der Waals surface area contributed by atoms with Crippen LogP contribution in [0.25, 0.3) is 22.3 Å². The van der Waals surface area contributed by atoms with Crippen molar-refractivity contribution in [3.63, 3.8) is 0 Å². The van der Waals surface area contributed by atoms with Gasteiger partial charge in [-0.3, -0.25) is 19.5 Å². The Hall–Kier alpha value is -4.38. The van der Waals surface area contributed by atoms with Crippen molar-refractivity contribution in [1.82, 2.24) is 29.3 Å². The van der Waals surface area contributed by atoms with Gasteiger partial charge in [-0.15, -0.1) is 0 Å². The Labute approximate surface area is 286 Å². The lowest BCUT2D eigenvalue weighted by atomic mass is 9.73. The Kier molecular flexibility index (Phi) is 7.93. The molecule has 0 bridgehead atoms. The second-order valence-corrected chi connectivity index (χ2v) is 15.0. The van der Waals surface area contributed by atoms with Gasteiger partial charge in [0.25, 0.3) is 0 Å². The van der Waals surface area contributed by atoms with E-state index in [1.54, 1.807) is 25.5 Å². The number of carbonyl (C=O) groups excluding carboxylic acids is 2. The number of benzene rings is 1. The maximum Gasteiger partial charge on any atom is 0.238 e. The molecule has 1 atom stereocenters. The van der Waals surface area contributed by atoms with Crippen molar-refractivity contribution in [1.29, 1.82) is 0 Å². The minimum atomic E-state index is -0.635. The van der Waals surface area contributed by atoms with Crippen molar-refractivity contribution in [3.8, 4) is 11.3 Å². The van der Waals surface area contributed by atoms with Crippen LogP contribution in [0.2, 0.25) is 0 Å². The number of amides is 2. The molecule has 10 nitrogen and oxygen atoms in total. The van der Waals surface area contributed by atoms with Crippen LogP contribution < -0.4 is 10.2 Å². The fourth-order valence-electron chi connectivity index (χ4n) is 8.72. The van der Waals surface area contributed by atoms with Gasteiger partial charge in [-0.05, 0) is 88.6 Å². The summed E-state index contributed by atoms with van der Waals surface area (Å²) in [6.45, 7) is 11.5.